The molecule has 0 fully saturated rings. The molecule has 1 N–H and O–H groups in total. The average Bonchev–Trinajstić information content (AvgIpc) is 2.57. The first-order valence-electron chi connectivity index (χ1n) is 7.42. The van der Waals surface area contributed by atoms with Gasteiger partial charge in [0.05, 0.1) is 0 Å². The van der Waals surface area contributed by atoms with E-state index < -0.39 is 17.4 Å². The number of rotatable bonds is 3. The van der Waals surface area contributed by atoms with E-state index in [1.165, 1.54) is 24.4 Å². The monoisotopic (exact) mass is 384 g/mol. The molecule has 1 atom stereocenters. The number of hydrogen-bond acceptors (Lipinski definition) is 3. The minimum atomic E-state index is -2.41. The molecule has 1 aromatic heterocycles. The number of ketones is 1. The van der Waals surface area contributed by atoms with Gasteiger partial charge in [-0.3, -0.25) is 14.6 Å². The highest BCUT2D eigenvalue weighted by Gasteiger charge is 2.46. The summed E-state index contributed by atoms with van der Waals surface area (Å²) in [5.74, 6) is -1.99. The van der Waals surface area contributed by atoms with Crippen LogP contribution in [0.2, 0.25) is 10.0 Å². The Hall–Kier alpha value is -2.05. The van der Waals surface area contributed by atoms with Crippen molar-refractivity contribution in [2.45, 2.75) is 25.1 Å². The third-order valence-electron chi connectivity index (χ3n) is 4.09. The molecule has 2 aromatic rings. The molecule has 1 heterocycles. The summed E-state index contributed by atoms with van der Waals surface area (Å²) in [6.07, 6.45) is 0.931. The Morgan fingerprint density at radius 2 is 2.12 bits per heavy atom. The van der Waals surface area contributed by atoms with Crippen molar-refractivity contribution >= 4 is 34.9 Å². The van der Waals surface area contributed by atoms with Crippen LogP contribution >= 0.6 is 23.2 Å². The second-order valence-electron chi connectivity index (χ2n) is 5.65. The highest BCUT2D eigenvalue weighted by Crippen LogP contribution is 2.38. The summed E-state index contributed by atoms with van der Waals surface area (Å²) in [7, 11) is 0. The number of pyridine rings is 1. The van der Waals surface area contributed by atoms with Gasteiger partial charge in [0.25, 0.3) is 5.91 Å². The lowest BCUT2D eigenvalue weighted by Crippen LogP contribution is -2.44. The number of hydrogen-bond donors (Lipinski definition) is 1. The largest absolute Gasteiger partial charge is 0.349 e. The van der Waals surface area contributed by atoms with E-state index in [2.05, 4.69) is 10.3 Å². The molecule has 0 aliphatic heterocycles. The highest BCUT2D eigenvalue weighted by molar-refractivity contribution is 6.35. The van der Waals surface area contributed by atoms with E-state index in [4.69, 9.17) is 23.2 Å². The number of amides is 1. The Morgan fingerprint density at radius 3 is 2.84 bits per heavy atom. The predicted molar refractivity (Wildman–Crippen MR) is 88.9 cm³/mol. The van der Waals surface area contributed by atoms with Gasteiger partial charge in [0, 0.05) is 46.8 Å². The average molecular weight is 385 g/mol. The second-order valence-corrected chi connectivity index (χ2v) is 6.50. The number of nitrogens with one attached hydrogen (secondary N) is 1. The van der Waals surface area contributed by atoms with Gasteiger partial charge in [-0.25, -0.2) is 8.78 Å². The SMILES string of the molecule is O=C1CCC(F)(C(=O)NCc2c(F)cc(Cl)cc2Cl)c2cccnc21. The van der Waals surface area contributed by atoms with Gasteiger partial charge in [-0.1, -0.05) is 29.3 Å². The summed E-state index contributed by atoms with van der Waals surface area (Å²) in [5, 5.41) is 2.49. The van der Waals surface area contributed by atoms with E-state index in [9.17, 15) is 14.0 Å². The lowest BCUT2D eigenvalue weighted by molar-refractivity contribution is -0.134. The van der Waals surface area contributed by atoms with Crippen molar-refractivity contribution in [3.05, 3.63) is 63.1 Å². The lowest BCUT2D eigenvalue weighted by atomic mass is 9.81. The van der Waals surface area contributed by atoms with E-state index in [1.54, 1.807) is 0 Å². The van der Waals surface area contributed by atoms with E-state index in [1.807, 2.05) is 0 Å². The van der Waals surface area contributed by atoms with Gasteiger partial charge in [0.2, 0.25) is 5.67 Å². The van der Waals surface area contributed by atoms with Gasteiger partial charge in [0.15, 0.2) is 5.78 Å². The summed E-state index contributed by atoms with van der Waals surface area (Å²) in [4.78, 5) is 28.2. The number of fused-ring (bicyclic) bond motifs is 1. The predicted octanol–water partition coefficient (Wildman–Crippen LogP) is 3.99. The third-order valence-corrected chi connectivity index (χ3v) is 4.64. The van der Waals surface area contributed by atoms with Crippen molar-refractivity contribution in [3.63, 3.8) is 0 Å². The lowest BCUT2D eigenvalue weighted by Gasteiger charge is -2.29. The fourth-order valence-electron chi connectivity index (χ4n) is 2.77. The number of carbonyl (C=O) groups excluding carboxylic acids is 2. The zero-order valence-electron chi connectivity index (χ0n) is 12.8. The molecule has 0 saturated carbocycles. The molecular formula is C17H12Cl2F2N2O2. The Labute approximate surface area is 152 Å². The molecule has 25 heavy (non-hydrogen) atoms. The topological polar surface area (TPSA) is 59.1 Å². The number of nitrogens with zero attached hydrogens (tertiary/aromatic N) is 1. The van der Waals surface area contributed by atoms with Crippen LogP contribution in [0.25, 0.3) is 0 Å². The van der Waals surface area contributed by atoms with Crippen LogP contribution in [0.3, 0.4) is 0 Å². The molecule has 1 amide bonds. The van der Waals surface area contributed by atoms with Crippen LogP contribution in [0.5, 0.6) is 0 Å². The van der Waals surface area contributed by atoms with Gasteiger partial charge in [-0.05, 0) is 18.2 Å². The van der Waals surface area contributed by atoms with Crippen LogP contribution in [0, 0.1) is 5.82 Å². The minimum Gasteiger partial charge on any atom is -0.349 e. The van der Waals surface area contributed by atoms with Crippen LogP contribution in [0.4, 0.5) is 8.78 Å². The highest BCUT2D eigenvalue weighted by atomic mass is 35.5. The van der Waals surface area contributed by atoms with Gasteiger partial charge in [0.1, 0.15) is 11.5 Å². The van der Waals surface area contributed by atoms with Crippen LogP contribution in [-0.2, 0) is 17.0 Å². The Bertz CT molecular complexity index is 852. The van der Waals surface area contributed by atoms with E-state index in [0.717, 1.165) is 6.07 Å². The normalized spacial score (nSPS) is 19.4. The van der Waals surface area contributed by atoms with Gasteiger partial charge in [-0.2, -0.15) is 0 Å². The number of carbonyl (C=O) groups is 2. The Morgan fingerprint density at radius 1 is 1.36 bits per heavy atom. The first-order chi connectivity index (χ1) is 11.8. The molecule has 0 radical (unpaired) electrons. The van der Waals surface area contributed by atoms with Crippen molar-refractivity contribution in [1.29, 1.82) is 0 Å². The van der Waals surface area contributed by atoms with Crippen LogP contribution in [0.1, 0.15) is 34.5 Å². The van der Waals surface area contributed by atoms with Crippen molar-refractivity contribution in [3.8, 4) is 0 Å². The third kappa shape index (κ3) is 3.24. The fourth-order valence-corrected chi connectivity index (χ4v) is 3.31. The maximum atomic E-state index is 15.3. The summed E-state index contributed by atoms with van der Waals surface area (Å²) in [6, 6.07) is 5.19. The van der Waals surface area contributed by atoms with Gasteiger partial charge >= 0.3 is 0 Å². The van der Waals surface area contributed by atoms with Gasteiger partial charge in [-0.15, -0.1) is 0 Å². The zero-order chi connectivity index (χ0) is 18.2. The Balaban J connectivity index is 1.85. The molecule has 1 unspecified atom stereocenters. The maximum Gasteiger partial charge on any atom is 0.262 e. The van der Waals surface area contributed by atoms with E-state index in [-0.39, 0.29) is 52.0 Å². The summed E-state index contributed by atoms with van der Waals surface area (Å²) >= 11 is 11.6. The molecule has 1 aliphatic rings. The molecule has 3 rings (SSSR count). The quantitative estimate of drug-likeness (QED) is 0.870. The molecule has 4 nitrogen and oxygen atoms in total. The number of halogens is 4. The molecule has 8 heteroatoms. The van der Waals surface area contributed by atoms with E-state index >= 15 is 4.39 Å². The molecule has 1 aromatic carbocycles. The standard InChI is InChI=1S/C17H12Cl2F2N2O2/c18-9-6-12(19)10(13(20)7-9)8-23-16(25)17(21)4-3-14(24)15-11(17)2-1-5-22-15/h1-2,5-7H,3-4,8H2,(H,23,25). The molecule has 0 saturated heterocycles. The number of benzene rings is 1. The molecule has 1 aliphatic carbocycles. The molecule has 0 bridgehead atoms. The number of alkyl halides is 1. The smallest absolute Gasteiger partial charge is 0.262 e. The Kier molecular flexibility index (Phi) is 4.75. The molecule has 0 spiro atoms. The zero-order valence-corrected chi connectivity index (χ0v) is 14.3. The fraction of sp³-hybridized carbons (Fsp3) is 0.235. The van der Waals surface area contributed by atoms with Crippen molar-refractivity contribution in [2.24, 2.45) is 0 Å². The minimum absolute atomic E-state index is 0.00122. The maximum absolute atomic E-state index is 15.3. The van der Waals surface area contributed by atoms with Crippen LogP contribution < -0.4 is 5.32 Å². The van der Waals surface area contributed by atoms with Crippen molar-refractivity contribution in [2.75, 3.05) is 0 Å². The summed E-state index contributed by atoms with van der Waals surface area (Å²) in [5.41, 5.74) is -2.54. The first kappa shape index (κ1) is 17.8. The number of Topliss-reactive ketones (excluding diaryl/α,β-unsaturated/α-hetero) is 1. The van der Waals surface area contributed by atoms with Crippen LogP contribution in [-0.4, -0.2) is 16.7 Å². The summed E-state index contributed by atoms with van der Waals surface area (Å²) in [6.45, 7) is -0.310. The second kappa shape index (κ2) is 6.69. The molecule has 130 valence electrons. The molecular weight excluding hydrogens is 373 g/mol. The first-order valence-corrected chi connectivity index (χ1v) is 8.18. The van der Waals surface area contributed by atoms with E-state index in [0.29, 0.717) is 0 Å². The number of aromatic nitrogens is 1. The summed E-state index contributed by atoms with van der Waals surface area (Å²) < 4.78 is 29.3. The van der Waals surface area contributed by atoms with Crippen molar-refractivity contribution in [1.82, 2.24) is 10.3 Å². The van der Waals surface area contributed by atoms with Gasteiger partial charge < -0.3 is 5.32 Å². The van der Waals surface area contributed by atoms with Crippen molar-refractivity contribution < 1.29 is 18.4 Å². The van der Waals surface area contributed by atoms with Crippen LogP contribution in [0.15, 0.2) is 30.5 Å².